The van der Waals surface area contributed by atoms with E-state index in [0.29, 0.717) is 23.2 Å². The fraction of sp³-hybridized carbons (Fsp3) is 0.226. The minimum atomic E-state index is -3.80. The molecule has 0 radical (unpaired) electrons. The van der Waals surface area contributed by atoms with Crippen molar-refractivity contribution in [2.45, 2.75) is 61.3 Å². The molecule has 0 fully saturated rings. The van der Waals surface area contributed by atoms with Gasteiger partial charge in [0.2, 0.25) is 19.7 Å². The maximum Gasteiger partial charge on any atom is 0.206 e. The molecule has 0 aliphatic carbocycles. The third-order valence-electron chi connectivity index (χ3n) is 5.78. The fourth-order valence-corrected chi connectivity index (χ4v) is 6.19. The van der Waals surface area contributed by atoms with Crippen molar-refractivity contribution >= 4 is 19.7 Å². The van der Waals surface area contributed by atoms with E-state index in [9.17, 15) is 16.8 Å². The molecule has 8 heteroatoms. The van der Waals surface area contributed by atoms with Gasteiger partial charge in [-0.1, -0.05) is 38.6 Å². The number of rotatable bonds is 11. The highest BCUT2D eigenvalue weighted by Crippen LogP contribution is 2.29. The predicted octanol–water partition coefficient (Wildman–Crippen LogP) is 7.61. The van der Waals surface area contributed by atoms with E-state index < -0.39 is 19.7 Å². The molecular formula is C31H34O6S2. The third kappa shape index (κ3) is 7.49. The van der Waals surface area contributed by atoms with Crippen molar-refractivity contribution in [3.63, 3.8) is 0 Å². The summed E-state index contributed by atoms with van der Waals surface area (Å²) in [6, 6.07) is 19.0. The molecule has 0 N–H and O–H groups in total. The van der Waals surface area contributed by atoms with E-state index in [-0.39, 0.29) is 25.7 Å². The summed E-state index contributed by atoms with van der Waals surface area (Å²) in [5, 5.41) is 0. The zero-order chi connectivity index (χ0) is 28.8. The van der Waals surface area contributed by atoms with Crippen molar-refractivity contribution < 1.29 is 26.3 Å². The first kappa shape index (κ1) is 29.9. The Bertz CT molecular complexity index is 1560. The molecule has 0 unspecified atom stereocenters. The summed E-state index contributed by atoms with van der Waals surface area (Å²) in [5.74, 6) is 1.71. The van der Waals surface area contributed by atoms with Crippen molar-refractivity contribution in [3.8, 4) is 11.5 Å². The molecule has 0 bridgehead atoms. The highest BCUT2D eigenvalue weighted by atomic mass is 32.2. The predicted molar refractivity (Wildman–Crippen MR) is 154 cm³/mol. The smallest absolute Gasteiger partial charge is 0.206 e. The van der Waals surface area contributed by atoms with E-state index in [2.05, 4.69) is 6.58 Å². The maximum atomic E-state index is 13.1. The van der Waals surface area contributed by atoms with Gasteiger partial charge in [0.1, 0.15) is 11.5 Å². The second-order valence-electron chi connectivity index (χ2n) is 9.49. The van der Waals surface area contributed by atoms with Gasteiger partial charge in [0.05, 0.1) is 31.5 Å². The van der Waals surface area contributed by atoms with Gasteiger partial charge in [0, 0.05) is 0 Å². The Morgan fingerprint density at radius 2 is 1.18 bits per heavy atom. The summed E-state index contributed by atoms with van der Waals surface area (Å²) < 4.78 is 63.5. The molecule has 0 saturated carbocycles. The SMILES string of the molecule is C=C/C(=C\C=C(/C)OC(C)C)S(=O)(=O)c1ccc(Oc2ccc(S(=O)(=O)c3ccc(C(C)C)cc3)cc2)cc1. The molecule has 0 aromatic heterocycles. The molecule has 0 spiro atoms. The molecule has 0 aliphatic rings. The van der Waals surface area contributed by atoms with Crippen LogP contribution in [-0.4, -0.2) is 22.9 Å². The van der Waals surface area contributed by atoms with E-state index in [4.69, 9.17) is 9.47 Å². The first-order chi connectivity index (χ1) is 18.3. The number of ether oxygens (including phenoxy) is 2. The lowest BCUT2D eigenvalue weighted by molar-refractivity contribution is 0.149. The normalized spacial score (nSPS) is 13.0. The van der Waals surface area contributed by atoms with Gasteiger partial charge in [0.15, 0.2) is 0 Å². The molecule has 0 heterocycles. The minimum Gasteiger partial charge on any atom is -0.496 e. The van der Waals surface area contributed by atoms with Crippen LogP contribution in [0.5, 0.6) is 11.5 Å². The first-order valence-corrected chi connectivity index (χ1v) is 15.5. The third-order valence-corrected chi connectivity index (χ3v) is 9.38. The summed E-state index contributed by atoms with van der Waals surface area (Å²) in [6.45, 7) is 13.3. The van der Waals surface area contributed by atoms with Crippen LogP contribution in [0.1, 0.15) is 46.1 Å². The van der Waals surface area contributed by atoms with Crippen molar-refractivity contribution in [1.29, 1.82) is 0 Å². The molecule has 0 atom stereocenters. The molecule has 3 rings (SSSR count). The summed E-state index contributed by atoms with van der Waals surface area (Å²) in [6.07, 6.45) is 4.32. The van der Waals surface area contributed by atoms with Crippen LogP contribution in [0, 0.1) is 0 Å². The Morgan fingerprint density at radius 3 is 1.62 bits per heavy atom. The van der Waals surface area contributed by atoms with Crippen molar-refractivity contribution in [1.82, 2.24) is 0 Å². The van der Waals surface area contributed by atoms with E-state index in [1.54, 1.807) is 37.3 Å². The molecule has 3 aromatic carbocycles. The van der Waals surface area contributed by atoms with Gasteiger partial charge in [-0.2, -0.15) is 0 Å². The molecule has 0 amide bonds. The Labute approximate surface area is 232 Å². The second kappa shape index (κ2) is 12.5. The monoisotopic (exact) mass is 566 g/mol. The standard InChI is InChI=1S/C31H34O6S2/c1-7-28(15-8-24(6)36-23(4)5)38(32,33)30-18-11-26(12-19-30)37-27-13-20-31(21-14-27)39(34,35)29-16-9-25(10-17-29)22(2)3/h7-23H,1H2,2-6H3/b24-8+,28-15+. The van der Waals surface area contributed by atoms with Gasteiger partial charge in [-0.15, -0.1) is 0 Å². The van der Waals surface area contributed by atoms with Crippen LogP contribution in [-0.2, 0) is 24.4 Å². The van der Waals surface area contributed by atoms with Crippen molar-refractivity contribution in [2.24, 2.45) is 0 Å². The lowest BCUT2D eigenvalue weighted by Crippen LogP contribution is -2.03. The fourth-order valence-electron chi connectivity index (χ4n) is 3.69. The maximum absolute atomic E-state index is 13.1. The molecule has 3 aromatic rings. The van der Waals surface area contributed by atoms with E-state index in [1.807, 2.05) is 39.8 Å². The molecular weight excluding hydrogens is 532 g/mol. The highest BCUT2D eigenvalue weighted by Gasteiger charge is 2.19. The number of allylic oxidation sites excluding steroid dienone is 4. The zero-order valence-electron chi connectivity index (χ0n) is 22.8. The van der Waals surface area contributed by atoms with Crippen LogP contribution in [0.15, 0.2) is 123 Å². The van der Waals surface area contributed by atoms with Crippen LogP contribution < -0.4 is 4.74 Å². The van der Waals surface area contributed by atoms with Gasteiger partial charge < -0.3 is 9.47 Å². The van der Waals surface area contributed by atoms with Crippen LogP contribution in [0.3, 0.4) is 0 Å². The molecule has 39 heavy (non-hydrogen) atoms. The van der Waals surface area contributed by atoms with Crippen LogP contribution >= 0.6 is 0 Å². The van der Waals surface area contributed by atoms with Crippen LogP contribution in [0.2, 0.25) is 0 Å². The minimum absolute atomic E-state index is 0.0199. The summed E-state index contributed by atoms with van der Waals surface area (Å²) >= 11 is 0. The lowest BCUT2D eigenvalue weighted by atomic mass is 10.0. The van der Waals surface area contributed by atoms with E-state index in [0.717, 1.165) is 5.56 Å². The Morgan fingerprint density at radius 1 is 0.718 bits per heavy atom. The van der Waals surface area contributed by atoms with Gasteiger partial charge in [0.25, 0.3) is 0 Å². The summed E-state index contributed by atoms with van der Waals surface area (Å²) in [4.78, 5) is 0.504. The van der Waals surface area contributed by atoms with E-state index >= 15 is 0 Å². The average molecular weight is 567 g/mol. The lowest BCUT2D eigenvalue weighted by Gasteiger charge is -2.10. The van der Waals surface area contributed by atoms with Gasteiger partial charge >= 0.3 is 0 Å². The van der Waals surface area contributed by atoms with Gasteiger partial charge in [-0.05, 0) is 105 Å². The van der Waals surface area contributed by atoms with Gasteiger partial charge in [-0.25, -0.2) is 16.8 Å². The average Bonchev–Trinajstić information content (AvgIpc) is 2.89. The number of benzene rings is 3. The van der Waals surface area contributed by atoms with Crippen molar-refractivity contribution in [3.05, 3.63) is 114 Å². The summed E-state index contributed by atoms with van der Waals surface area (Å²) in [5.41, 5.74) is 1.07. The number of hydrogen-bond donors (Lipinski definition) is 0. The highest BCUT2D eigenvalue weighted by molar-refractivity contribution is 7.95. The summed E-state index contributed by atoms with van der Waals surface area (Å²) in [7, 11) is -7.47. The molecule has 0 aliphatic heterocycles. The zero-order valence-corrected chi connectivity index (χ0v) is 24.4. The quantitative estimate of drug-likeness (QED) is 0.175. The van der Waals surface area contributed by atoms with Crippen LogP contribution in [0.25, 0.3) is 0 Å². The molecule has 0 saturated heterocycles. The number of sulfone groups is 2. The Hall–Kier alpha value is -3.62. The van der Waals surface area contributed by atoms with Gasteiger partial charge in [-0.3, -0.25) is 0 Å². The Kier molecular flexibility index (Phi) is 9.59. The second-order valence-corrected chi connectivity index (χ2v) is 13.4. The van der Waals surface area contributed by atoms with Crippen molar-refractivity contribution in [2.75, 3.05) is 0 Å². The van der Waals surface area contributed by atoms with E-state index in [1.165, 1.54) is 48.6 Å². The molecule has 6 nitrogen and oxygen atoms in total. The largest absolute Gasteiger partial charge is 0.496 e. The topological polar surface area (TPSA) is 86.7 Å². The Balaban J connectivity index is 1.75. The first-order valence-electron chi connectivity index (χ1n) is 12.5. The van der Waals surface area contributed by atoms with Crippen LogP contribution in [0.4, 0.5) is 0 Å². The number of hydrogen-bond acceptors (Lipinski definition) is 6. The molecule has 206 valence electrons.